The van der Waals surface area contributed by atoms with Crippen LogP contribution in [0.2, 0.25) is 5.02 Å². The molecule has 0 aromatic heterocycles. The number of halogens is 1. The van der Waals surface area contributed by atoms with Crippen LogP contribution in [0.1, 0.15) is 37.7 Å². The minimum absolute atomic E-state index is 0.0799. The molecule has 120 valence electrons. The molecule has 0 unspecified atom stereocenters. The number of nitrogens with zero attached hydrogens (tertiary/aromatic N) is 1. The molecule has 1 fully saturated rings. The summed E-state index contributed by atoms with van der Waals surface area (Å²) in [5.74, 6) is 0.223. The van der Waals surface area contributed by atoms with Gasteiger partial charge in [-0.3, -0.25) is 5.43 Å². The van der Waals surface area contributed by atoms with E-state index in [0.717, 1.165) is 12.8 Å². The van der Waals surface area contributed by atoms with Crippen molar-refractivity contribution in [2.45, 2.75) is 38.1 Å². The van der Waals surface area contributed by atoms with Gasteiger partial charge in [0.2, 0.25) is 0 Å². The highest BCUT2D eigenvalue weighted by Crippen LogP contribution is 2.34. The summed E-state index contributed by atoms with van der Waals surface area (Å²) in [4.78, 5) is 0. The Bertz CT molecular complexity index is 560. The Labute approximate surface area is 140 Å². The Morgan fingerprint density at radius 3 is 2.82 bits per heavy atom. The number of benzene rings is 1. The Morgan fingerprint density at radius 2 is 2.14 bits per heavy atom. The standard InChI is InChI=1S/C15H20ClN3O2S/c1-21-13-8-10(7-12(16)14(13)20)9-17-19-15(22)18-11-5-3-2-4-6-11/h7-9,11,20H,2-6H2,1H3,(H2,18,19,22)/b17-9+. The van der Waals surface area contributed by atoms with Crippen molar-refractivity contribution >= 4 is 35.1 Å². The van der Waals surface area contributed by atoms with E-state index in [1.54, 1.807) is 18.3 Å². The summed E-state index contributed by atoms with van der Waals surface area (Å²) in [5.41, 5.74) is 3.49. The van der Waals surface area contributed by atoms with Crippen molar-refractivity contribution in [1.29, 1.82) is 0 Å². The van der Waals surface area contributed by atoms with Gasteiger partial charge in [-0.2, -0.15) is 5.10 Å². The molecular weight excluding hydrogens is 322 g/mol. The molecule has 1 saturated carbocycles. The molecule has 22 heavy (non-hydrogen) atoms. The fourth-order valence-electron chi connectivity index (χ4n) is 2.45. The van der Waals surface area contributed by atoms with E-state index in [-0.39, 0.29) is 10.8 Å². The van der Waals surface area contributed by atoms with Gasteiger partial charge in [0.05, 0.1) is 18.3 Å². The topological polar surface area (TPSA) is 65.9 Å². The van der Waals surface area contributed by atoms with E-state index in [4.69, 9.17) is 28.6 Å². The highest BCUT2D eigenvalue weighted by atomic mass is 35.5. The predicted octanol–water partition coefficient (Wildman–Crippen LogP) is 3.18. The highest BCUT2D eigenvalue weighted by molar-refractivity contribution is 7.80. The van der Waals surface area contributed by atoms with Gasteiger partial charge in [-0.15, -0.1) is 0 Å². The van der Waals surface area contributed by atoms with E-state index >= 15 is 0 Å². The fourth-order valence-corrected chi connectivity index (χ4v) is 2.89. The van der Waals surface area contributed by atoms with E-state index in [9.17, 15) is 5.11 Å². The predicted molar refractivity (Wildman–Crippen MR) is 93.0 cm³/mol. The summed E-state index contributed by atoms with van der Waals surface area (Å²) >= 11 is 11.1. The number of phenolic OH excluding ortho intramolecular Hbond substituents is 1. The quantitative estimate of drug-likeness (QED) is 0.446. The fraction of sp³-hybridized carbons (Fsp3) is 0.467. The zero-order valence-electron chi connectivity index (χ0n) is 12.4. The van der Waals surface area contributed by atoms with Crippen LogP contribution in [0.15, 0.2) is 17.2 Å². The second-order valence-electron chi connectivity index (χ2n) is 5.23. The number of hydrogen-bond donors (Lipinski definition) is 3. The van der Waals surface area contributed by atoms with Gasteiger partial charge in [0, 0.05) is 6.04 Å². The van der Waals surface area contributed by atoms with Crippen molar-refractivity contribution in [3.63, 3.8) is 0 Å². The molecule has 2 rings (SSSR count). The molecule has 0 saturated heterocycles. The first-order valence-electron chi connectivity index (χ1n) is 7.26. The molecule has 3 N–H and O–H groups in total. The number of ether oxygens (including phenoxy) is 1. The molecule has 0 radical (unpaired) electrons. The maximum Gasteiger partial charge on any atom is 0.187 e. The maximum atomic E-state index is 9.67. The molecule has 0 spiro atoms. The molecule has 1 aromatic carbocycles. The van der Waals surface area contributed by atoms with Crippen LogP contribution >= 0.6 is 23.8 Å². The summed E-state index contributed by atoms with van der Waals surface area (Å²) in [7, 11) is 1.47. The lowest BCUT2D eigenvalue weighted by Crippen LogP contribution is -2.40. The monoisotopic (exact) mass is 341 g/mol. The van der Waals surface area contributed by atoms with Gasteiger partial charge >= 0.3 is 0 Å². The molecule has 1 aliphatic rings. The van der Waals surface area contributed by atoms with Gasteiger partial charge in [0.25, 0.3) is 0 Å². The molecule has 5 nitrogen and oxygen atoms in total. The van der Waals surface area contributed by atoms with Gasteiger partial charge in [-0.05, 0) is 42.8 Å². The molecule has 0 atom stereocenters. The Kier molecular flexibility index (Phi) is 6.27. The van der Waals surface area contributed by atoms with Gasteiger partial charge in [-0.1, -0.05) is 30.9 Å². The molecule has 0 amide bonds. The number of methoxy groups -OCH3 is 1. The van der Waals surface area contributed by atoms with E-state index in [2.05, 4.69) is 15.8 Å². The first-order valence-corrected chi connectivity index (χ1v) is 8.05. The molecular formula is C15H20ClN3O2S. The maximum absolute atomic E-state index is 9.67. The highest BCUT2D eigenvalue weighted by Gasteiger charge is 2.13. The van der Waals surface area contributed by atoms with Crippen LogP contribution in [0, 0.1) is 0 Å². The first kappa shape index (κ1) is 16.8. The van der Waals surface area contributed by atoms with Crippen molar-refractivity contribution in [3.05, 3.63) is 22.7 Å². The van der Waals surface area contributed by atoms with Crippen LogP contribution in [0.5, 0.6) is 11.5 Å². The van der Waals surface area contributed by atoms with Crippen molar-refractivity contribution < 1.29 is 9.84 Å². The second-order valence-corrected chi connectivity index (χ2v) is 6.05. The summed E-state index contributed by atoms with van der Waals surface area (Å²) in [6.07, 6.45) is 7.67. The number of thiocarbonyl (C=S) groups is 1. The van der Waals surface area contributed by atoms with E-state index < -0.39 is 0 Å². The van der Waals surface area contributed by atoms with Gasteiger partial charge in [0.1, 0.15) is 0 Å². The molecule has 0 aliphatic heterocycles. The van der Waals surface area contributed by atoms with Crippen molar-refractivity contribution in [2.75, 3.05) is 7.11 Å². The van der Waals surface area contributed by atoms with Crippen LogP contribution in [-0.2, 0) is 0 Å². The van der Waals surface area contributed by atoms with Crippen LogP contribution in [0.4, 0.5) is 0 Å². The van der Waals surface area contributed by atoms with Crippen LogP contribution < -0.4 is 15.5 Å². The van der Waals surface area contributed by atoms with E-state index in [1.165, 1.54) is 26.4 Å². The Morgan fingerprint density at radius 1 is 1.41 bits per heavy atom. The SMILES string of the molecule is COc1cc(/C=N/NC(=S)NC2CCCCC2)cc(Cl)c1O. The average Bonchev–Trinajstić information content (AvgIpc) is 2.51. The van der Waals surface area contributed by atoms with Gasteiger partial charge in [0.15, 0.2) is 16.6 Å². The van der Waals surface area contributed by atoms with Crippen molar-refractivity contribution in [3.8, 4) is 11.5 Å². The Hall–Kier alpha value is -1.53. The third-order valence-electron chi connectivity index (χ3n) is 3.59. The minimum atomic E-state index is -0.0799. The zero-order chi connectivity index (χ0) is 15.9. The van der Waals surface area contributed by atoms with Gasteiger partial charge in [-0.25, -0.2) is 0 Å². The summed E-state index contributed by atoms with van der Waals surface area (Å²) in [6.45, 7) is 0. The van der Waals surface area contributed by atoms with E-state index in [0.29, 0.717) is 22.5 Å². The zero-order valence-corrected chi connectivity index (χ0v) is 14.0. The summed E-state index contributed by atoms with van der Waals surface area (Å²) < 4.78 is 5.04. The lowest BCUT2D eigenvalue weighted by Gasteiger charge is -2.23. The normalized spacial score (nSPS) is 15.7. The average molecular weight is 342 g/mol. The summed E-state index contributed by atoms with van der Waals surface area (Å²) in [6, 6.07) is 3.68. The van der Waals surface area contributed by atoms with Crippen molar-refractivity contribution in [1.82, 2.24) is 10.7 Å². The molecule has 1 aromatic rings. The third kappa shape index (κ3) is 4.74. The number of nitrogens with one attached hydrogen (secondary N) is 2. The number of aromatic hydroxyl groups is 1. The minimum Gasteiger partial charge on any atom is -0.503 e. The van der Waals surface area contributed by atoms with Gasteiger partial charge < -0.3 is 15.2 Å². The van der Waals surface area contributed by atoms with Crippen LogP contribution in [0.25, 0.3) is 0 Å². The second kappa shape index (κ2) is 8.19. The lowest BCUT2D eigenvalue weighted by molar-refractivity contribution is 0.373. The van der Waals surface area contributed by atoms with Crippen LogP contribution in [0.3, 0.4) is 0 Å². The van der Waals surface area contributed by atoms with Crippen molar-refractivity contribution in [2.24, 2.45) is 5.10 Å². The van der Waals surface area contributed by atoms with Crippen LogP contribution in [-0.4, -0.2) is 29.6 Å². The summed E-state index contributed by atoms with van der Waals surface area (Å²) in [5, 5.41) is 17.7. The first-order chi connectivity index (χ1) is 10.6. The lowest BCUT2D eigenvalue weighted by atomic mass is 9.96. The largest absolute Gasteiger partial charge is 0.503 e. The molecule has 1 aliphatic carbocycles. The number of hydrogen-bond acceptors (Lipinski definition) is 4. The number of hydrazone groups is 1. The number of rotatable bonds is 4. The van der Waals surface area contributed by atoms with E-state index in [1.807, 2.05) is 0 Å². The Balaban J connectivity index is 1.89. The molecule has 0 heterocycles. The smallest absolute Gasteiger partial charge is 0.187 e. The molecule has 0 bridgehead atoms. The number of phenols is 1. The molecule has 7 heteroatoms. The third-order valence-corrected chi connectivity index (χ3v) is 4.09.